The van der Waals surface area contributed by atoms with Crippen LogP contribution in [-0.4, -0.2) is 35.7 Å². The van der Waals surface area contributed by atoms with Crippen LogP contribution in [0.15, 0.2) is 22.7 Å². The Morgan fingerprint density at radius 2 is 2.22 bits per heavy atom. The number of hydrogen-bond acceptors (Lipinski definition) is 3. The molecule has 1 aromatic rings. The summed E-state index contributed by atoms with van der Waals surface area (Å²) < 4.78 is 0.951. The van der Waals surface area contributed by atoms with Gasteiger partial charge in [-0.15, -0.1) is 0 Å². The molecular formula is C13H18BrNO2S. The molecule has 2 N–H and O–H groups in total. The van der Waals surface area contributed by atoms with Crippen molar-refractivity contribution in [2.75, 3.05) is 24.7 Å². The minimum Gasteiger partial charge on any atom is -0.396 e. The molecule has 3 nitrogen and oxygen atoms in total. The number of halogens is 1. The Morgan fingerprint density at radius 3 is 2.94 bits per heavy atom. The first-order chi connectivity index (χ1) is 8.66. The lowest BCUT2D eigenvalue weighted by atomic mass is 10.1. The highest BCUT2D eigenvalue weighted by Crippen LogP contribution is 2.19. The van der Waals surface area contributed by atoms with Gasteiger partial charge in [-0.1, -0.05) is 22.0 Å². The summed E-state index contributed by atoms with van der Waals surface area (Å²) in [5, 5.41) is 11.5. The zero-order valence-corrected chi connectivity index (χ0v) is 12.8. The summed E-state index contributed by atoms with van der Waals surface area (Å²) in [6.07, 6.45) is 0.809. The van der Waals surface area contributed by atoms with E-state index in [1.54, 1.807) is 11.8 Å². The van der Waals surface area contributed by atoms with E-state index < -0.39 is 0 Å². The molecule has 0 bridgehead atoms. The van der Waals surface area contributed by atoms with Crippen LogP contribution in [0.25, 0.3) is 0 Å². The molecule has 5 heteroatoms. The second-order valence-electron chi connectivity index (χ2n) is 3.86. The quantitative estimate of drug-likeness (QED) is 0.755. The number of rotatable bonds is 7. The molecule has 0 saturated carbocycles. The van der Waals surface area contributed by atoms with Crippen molar-refractivity contribution in [1.29, 1.82) is 0 Å². The van der Waals surface area contributed by atoms with Gasteiger partial charge in [-0.2, -0.15) is 11.8 Å². The summed E-state index contributed by atoms with van der Waals surface area (Å²) >= 11 is 5.16. The summed E-state index contributed by atoms with van der Waals surface area (Å²) in [4.78, 5) is 11.9. The molecule has 1 aromatic carbocycles. The highest BCUT2D eigenvalue weighted by Gasteiger charge is 2.09. The molecule has 0 aliphatic rings. The third kappa shape index (κ3) is 5.00. The minimum absolute atomic E-state index is 0.0310. The maximum Gasteiger partial charge on any atom is 0.251 e. The van der Waals surface area contributed by atoms with Crippen LogP contribution < -0.4 is 5.32 Å². The number of amides is 1. The van der Waals surface area contributed by atoms with Crippen molar-refractivity contribution in [3.63, 3.8) is 0 Å². The first-order valence-corrected chi connectivity index (χ1v) is 7.83. The standard InChI is InChI=1S/C13H18BrNO2S/c1-10-11(4-2-5-12(10)14)13(17)15-6-9-18-8-3-7-16/h2,4-5,16H,3,6-9H2,1H3,(H,15,17). The summed E-state index contributed by atoms with van der Waals surface area (Å²) in [6.45, 7) is 2.81. The number of carbonyl (C=O) groups excluding carboxylic acids is 1. The Bertz CT molecular complexity index is 399. The van der Waals surface area contributed by atoms with Gasteiger partial charge in [-0.3, -0.25) is 4.79 Å². The van der Waals surface area contributed by atoms with Gasteiger partial charge in [0.2, 0.25) is 0 Å². The molecule has 0 spiro atoms. The maximum atomic E-state index is 11.9. The number of aliphatic hydroxyl groups excluding tert-OH is 1. The van der Waals surface area contributed by atoms with Crippen LogP contribution in [0.4, 0.5) is 0 Å². The molecular weight excluding hydrogens is 314 g/mol. The first-order valence-electron chi connectivity index (χ1n) is 5.88. The third-order valence-corrected chi connectivity index (χ3v) is 4.42. The number of nitrogens with one attached hydrogen (secondary N) is 1. The van der Waals surface area contributed by atoms with Crippen molar-refractivity contribution < 1.29 is 9.90 Å². The van der Waals surface area contributed by atoms with Crippen LogP contribution in [-0.2, 0) is 0 Å². The number of hydrogen-bond donors (Lipinski definition) is 2. The van der Waals surface area contributed by atoms with E-state index in [0.29, 0.717) is 12.1 Å². The molecule has 0 radical (unpaired) electrons. The number of aliphatic hydroxyl groups is 1. The largest absolute Gasteiger partial charge is 0.396 e. The van der Waals surface area contributed by atoms with Gasteiger partial charge in [0.25, 0.3) is 5.91 Å². The van der Waals surface area contributed by atoms with Crippen molar-refractivity contribution in [1.82, 2.24) is 5.32 Å². The molecule has 0 unspecified atom stereocenters. The van der Waals surface area contributed by atoms with Gasteiger partial charge in [0, 0.05) is 28.9 Å². The molecule has 0 aliphatic carbocycles. The van der Waals surface area contributed by atoms with E-state index in [0.717, 1.165) is 28.0 Å². The van der Waals surface area contributed by atoms with Crippen molar-refractivity contribution in [3.05, 3.63) is 33.8 Å². The molecule has 1 amide bonds. The van der Waals surface area contributed by atoms with Crippen LogP contribution in [0.3, 0.4) is 0 Å². The van der Waals surface area contributed by atoms with Crippen molar-refractivity contribution in [3.8, 4) is 0 Å². The highest BCUT2D eigenvalue weighted by atomic mass is 79.9. The van der Waals surface area contributed by atoms with Gasteiger partial charge < -0.3 is 10.4 Å². The predicted octanol–water partition coefficient (Wildman–Crippen LogP) is 2.60. The Labute approximate surface area is 120 Å². The average Bonchev–Trinajstić information content (AvgIpc) is 2.36. The van der Waals surface area contributed by atoms with E-state index in [1.165, 1.54) is 0 Å². The van der Waals surface area contributed by atoms with E-state index in [-0.39, 0.29) is 12.5 Å². The van der Waals surface area contributed by atoms with Gasteiger partial charge >= 0.3 is 0 Å². The monoisotopic (exact) mass is 331 g/mol. The lowest BCUT2D eigenvalue weighted by Gasteiger charge is -2.08. The van der Waals surface area contributed by atoms with Crippen molar-refractivity contribution >= 4 is 33.6 Å². The van der Waals surface area contributed by atoms with E-state index in [1.807, 2.05) is 25.1 Å². The molecule has 0 heterocycles. The van der Waals surface area contributed by atoms with Gasteiger partial charge in [-0.05, 0) is 36.8 Å². The number of benzene rings is 1. The Balaban J connectivity index is 2.35. The normalized spacial score (nSPS) is 10.4. The highest BCUT2D eigenvalue weighted by molar-refractivity contribution is 9.10. The summed E-state index contributed by atoms with van der Waals surface area (Å²) in [5.41, 5.74) is 1.67. The second kappa shape index (κ2) is 8.56. The average molecular weight is 332 g/mol. The van der Waals surface area contributed by atoms with Gasteiger partial charge in [-0.25, -0.2) is 0 Å². The summed E-state index contributed by atoms with van der Waals surface area (Å²) in [5.74, 6) is 1.78. The fraction of sp³-hybridized carbons (Fsp3) is 0.462. The minimum atomic E-state index is -0.0310. The molecule has 1 rings (SSSR count). The molecule has 0 atom stereocenters. The van der Waals surface area contributed by atoms with Crippen LogP contribution in [0.2, 0.25) is 0 Å². The molecule has 100 valence electrons. The summed E-state index contributed by atoms with van der Waals surface area (Å²) in [6, 6.07) is 5.62. The number of thioether (sulfide) groups is 1. The number of carbonyl (C=O) groups is 1. The van der Waals surface area contributed by atoms with Gasteiger partial charge in [0.15, 0.2) is 0 Å². The Morgan fingerprint density at radius 1 is 1.44 bits per heavy atom. The SMILES string of the molecule is Cc1c(Br)cccc1C(=O)NCCSCCCO. The Hall–Kier alpha value is -0.520. The lowest BCUT2D eigenvalue weighted by Crippen LogP contribution is -2.26. The maximum absolute atomic E-state index is 11.9. The smallest absolute Gasteiger partial charge is 0.251 e. The molecule has 0 saturated heterocycles. The topological polar surface area (TPSA) is 49.3 Å². The van der Waals surface area contributed by atoms with Crippen LogP contribution in [0.1, 0.15) is 22.3 Å². The molecule has 0 aliphatic heterocycles. The van der Waals surface area contributed by atoms with E-state index in [2.05, 4.69) is 21.2 Å². The van der Waals surface area contributed by atoms with Crippen LogP contribution in [0.5, 0.6) is 0 Å². The zero-order valence-electron chi connectivity index (χ0n) is 10.4. The third-order valence-electron chi connectivity index (χ3n) is 2.49. The first kappa shape index (κ1) is 15.5. The van der Waals surface area contributed by atoms with Gasteiger partial charge in [0.05, 0.1) is 0 Å². The van der Waals surface area contributed by atoms with Gasteiger partial charge in [0.1, 0.15) is 0 Å². The van der Waals surface area contributed by atoms with Crippen molar-refractivity contribution in [2.45, 2.75) is 13.3 Å². The summed E-state index contributed by atoms with van der Waals surface area (Å²) in [7, 11) is 0. The van der Waals surface area contributed by atoms with Crippen LogP contribution >= 0.6 is 27.7 Å². The van der Waals surface area contributed by atoms with Crippen LogP contribution in [0, 0.1) is 6.92 Å². The van der Waals surface area contributed by atoms with E-state index >= 15 is 0 Å². The second-order valence-corrected chi connectivity index (χ2v) is 5.94. The fourth-order valence-electron chi connectivity index (χ4n) is 1.45. The van der Waals surface area contributed by atoms with E-state index in [9.17, 15) is 4.79 Å². The molecule has 0 fully saturated rings. The predicted molar refractivity (Wildman–Crippen MR) is 80.2 cm³/mol. The molecule has 18 heavy (non-hydrogen) atoms. The lowest BCUT2D eigenvalue weighted by molar-refractivity contribution is 0.0955. The molecule has 0 aromatic heterocycles. The Kier molecular flexibility index (Phi) is 7.39. The zero-order chi connectivity index (χ0) is 13.4. The van der Waals surface area contributed by atoms with E-state index in [4.69, 9.17) is 5.11 Å². The fourth-order valence-corrected chi connectivity index (χ4v) is 2.60. The van der Waals surface area contributed by atoms with Crippen molar-refractivity contribution in [2.24, 2.45) is 0 Å².